The summed E-state index contributed by atoms with van der Waals surface area (Å²) in [6, 6.07) is 0. The minimum atomic E-state index is -0.532. The molecule has 0 bridgehead atoms. The number of hydrogen-bond donors (Lipinski definition) is 1. The zero-order chi connectivity index (χ0) is 14.7. The molecule has 2 heterocycles. The third-order valence-electron chi connectivity index (χ3n) is 2.52. The highest BCUT2D eigenvalue weighted by molar-refractivity contribution is 7.13. The number of anilines is 1. The Kier molecular flexibility index (Phi) is 4.33. The van der Waals surface area contributed by atoms with Gasteiger partial charge in [0.1, 0.15) is 17.2 Å². The van der Waals surface area contributed by atoms with Gasteiger partial charge in [0.15, 0.2) is 5.69 Å². The fourth-order valence-corrected chi connectivity index (χ4v) is 2.68. The molecule has 0 radical (unpaired) electrons. The Hall–Kier alpha value is -1.96. The summed E-state index contributed by atoms with van der Waals surface area (Å²) in [6.45, 7) is 6.24. The summed E-state index contributed by atoms with van der Waals surface area (Å²) in [4.78, 5) is 15.6. The normalized spacial score (nSPS) is 11.0. The van der Waals surface area contributed by atoms with Crippen molar-refractivity contribution >= 4 is 23.1 Å². The molecular formula is C12H17N5O2S. The molecular weight excluding hydrogens is 278 g/mol. The van der Waals surface area contributed by atoms with Gasteiger partial charge in [-0.15, -0.1) is 10.2 Å². The first-order valence-corrected chi connectivity index (χ1v) is 7.17. The van der Waals surface area contributed by atoms with E-state index in [0.29, 0.717) is 11.0 Å². The van der Waals surface area contributed by atoms with Crippen LogP contribution in [0.5, 0.6) is 0 Å². The highest BCUT2D eigenvalue weighted by Gasteiger charge is 2.19. The highest BCUT2D eigenvalue weighted by atomic mass is 32.1. The Morgan fingerprint density at radius 3 is 2.90 bits per heavy atom. The zero-order valence-corrected chi connectivity index (χ0v) is 12.5. The zero-order valence-electron chi connectivity index (χ0n) is 11.7. The van der Waals surface area contributed by atoms with Crippen molar-refractivity contribution in [2.45, 2.75) is 27.2 Å². The van der Waals surface area contributed by atoms with Gasteiger partial charge in [0.25, 0.3) is 0 Å². The van der Waals surface area contributed by atoms with Gasteiger partial charge in [0.05, 0.1) is 6.61 Å². The number of carbonyl (C=O) groups is 1. The molecule has 8 heteroatoms. The fraction of sp³-hybridized carbons (Fsp3) is 0.500. The van der Waals surface area contributed by atoms with E-state index >= 15 is 0 Å². The lowest BCUT2D eigenvalue weighted by Crippen LogP contribution is -2.09. The van der Waals surface area contributed by atoms with Crippen LogP contribution in [0.25, 0.3) is 5.13 Å². The van der Waals surface area contributed by atoms with Crippen LogP contribution in [0.2, 0.25) is 0 Å². The Morgan fingerprint density at radius 1 is 1.50 bits per heavy atom. The van der Waals surface area contributed by atoms with Crippen molar-refractivity contribution in [3.8, 4) is 5.13 Å². The minimum Gasteiger partial charge on any atom is -0.461 e. The summed E-state index contributed by atoms with van der Waals surface area (Å²) in [5, 5.41) is 9.72. The SMILES string of the molecule is CCOC(=O)c1ncn(-c2nnc(CC(C)C)s2)c1N. The minimum absolute atomic E-state index is 0.104. The molecule has 20 heavy (non-hydrogen) atoms. The number of carbonyl (C=O) groups excluding carboxylic acids is 1. The van der Waals surface area contributed by atoms with Gasteiger partial charge >= 0.3 is 5.97 Å². The Labute approximate surface area is 120 Å². The average Bonchev–Trinajstić information content (AvgIpc) is 2.95. The number of nitrogens with zero attached hydrogens (tertiary/aromatic N) is 4. The van der Waals surface area contributed by atoms with E-state index in [-0.39, 0.29) is 18.1 Å². The molecule has 0 unspecified atom stereocenters. The van der Waals surface area contributed by atoms with E-state index in [1.807, 2.05) is 0 Å². The Morgan fingerprint density at radius 2 is 2.25 bits per heavy atom. The van der Waals surface area contributed by atoms with E-state index in [0.717, 1.165) is 11.4 Å². The van der Waals surface area contributed by atoms with E-state index in [4.69, 9.17) is 10.5 Å². The van der Waals surface area contributed by atoms with Crippen LogP contribution in [0.1, 0.15) is 36.3 Å². The van der Waals surface area contributed by atoms with E-state index in [1.165, 1.54) is 17.7 Å². The summed E-state index contributed by atoms with van der Waals surface area (Å²) in [5.74, 6) is 0.192. The van der Waals surface area contributed by atoms with Gasteiger partial charge in [-0.1, -0.05) is 25.2 Å². The van der Waals surface area contributed by atoms with E-state index < -0.39 is 5.97 Å². The number of nitrogens with two attached hydrogens (primary N) is 1. The second-order valence-corrected chi connectivity index (χ2v) is 5.69. The van der Waals surface area contributed by atoms with Crippen LogP contribution in [-0.4, -0.2) is 32.3 Å². The van der Waals surface area contributed by atoms with Crippen LogP contribution in [-0.2, 0) is 11.2 Å². The van der Waals surface area contributed by atoms with Crippen LogP contribution >= 0.6 is 11.3 Å². The molecule has 2 aromatic heterocycles. The smallest absolute Gasteiger partial charge is 0.360 e. The van der Waals surface area contributed by atoms with Gasteiger partial charge in [-0.3, -0.25) is 4.57 Å². The van der Waals surface area contributed by atoms with Crippen LogP contribution in [0, 0.1) is 5.92 Å². The number of hydrogen-bond acceptors (Lipinski definition) is 7. The van der Waals surface area contributed by atoms with Crippen molar-refractivity contribution in [1.82, 2.24) is 19.7 Å². The molecule has 0 saturated carbocycles. The second kappa shape index (κ2) is 6.00. The monoisotopic (exact) mass is 295 g/mol. The molecule has 0 saturated heterocycles. The average molecular weight is 295 g/mol. The van der Waals surface area contributed by atoms with Gasteiger partial charge in [0, 0.05) is 6.42 Å². The number of imidazole rings is 1. The topological polar surface area (TPSA) is 95.9 Å². The summed E-state index contributed by atoms with van der Waals surface area (Å²) < 4.78 is 6.44. The van der Waals surface area contributed by atoms with Gasteiger partial charge in [-0.05, 0) is 12.8 Å². The molecule has 0 fully saturated rings. The van der Waals surface area contributed by atoms with Gasteiger partial charge < -0.3 is 10.5 Å². The molecule has 2 rings (SSSR count). The van der Waals surface area contributed by atoms with Crippen LogP contribution in [0.3, 0.4) is 0 Å². The van der Waals surface area contributed by atoms with E-state index in [2.05, 4.69) is 29.0 Å². The van der Waals surface area contributed by atoms with Crippen molar-refractivity contribution in [2.24, 2.45) is 5.92 Å². The highest BCUT2D eigenvalue weighted by Crippen LogP contribution is 2.22. The summed E-state index contributed by atoms with van der Waals surface area (Å²) in [7, 11) is 0. The molecule has 0 spiro atoms. The molecule has 0 amide bonds. The van der Waals surface area contributed by atoms with Gasteiger partial charge in [-0.2, -0.15) is 0 Å². The third kappa shape index (κ3) is 2.96. The molecule has 0 aromatic carbocycles. The predicted molar refractivity (Wildman–Crippen MR) is 75.9 cm³/mol. The Balaban J connectivity index is 2.25. The number of rotatable bonds is 5. The maximum atomic E-state index is 11.7. The van der Waals surface area contributed by atoms with E-state index in [9.17, 15) is 4.79 Å². The second-order valence-electron chi connectivity index (χ2n) is 4.65. The first kappa shape index (κ1) is 14.4. The lowest BCUT2D eigenvalue weighted by molar-refractivity contribution is 0.0521. The van der Waals surface area contributed by atoms with Gasteiger partial charge in [0.2, 0.25) is 5.13 Å². The number of esters is 1. The van der Waals surface area contributed by atoms with Crippen molar-refractivity contribution in [2.75, 3.05) is 12.3 Å². The summed E-state index contributed by atoms with van der Waals surface area (Å²) in [5.41, 5.74) is 6.02. The van der Waals surface area contributed by atoms with Crippen molar-refractivity contribution < 1.29 is 9.53 Å². The predicted octanol–water partition coefficient (Wildman–Crippen LogP) is 1.68. The first-order chi connectivity index (χ1) is 9.52. The lowest BCUT2D eigenvalue weighted by Gasteiger charge is -2.01. The van der Waals surface area contributed by atoms with Crippen molar-refractivity contribution in [3.05, 3.63) is 17.0 Å². The molecule has 0 aliphatic rings. The maximum Gasteiger partial charge on any atom is 0.360 e. The summed E-state index contributed by atoms with van der Waals surface area (Å²) in [6.07, 6.45) is 2.32. The fourth-order valence-electron chi connectivity index (χ4n) is 1.64. The Bertz CT molecular complexity index is 605. The molecule has 108 valence electrons. The quantitative estimate of drug-likeness (QED) is 0.843. The largest absolute Gasteiger partial charge is 0.461 e. The maximum absolute atomic E-state index is 11.7. The number of ether oxygens (including phenoxy) is 1. The number of nitrogen functional groups attached to an aromatic ring is 1. The molecule has 2 aromatic rings. The standard InChI is InChI=1S/C12H17N5O2S/c1-4-19-11(18)9-10(13)17(6-14-9)12-16-15-8(20-12)5-7(2)3/h6-7H,4-5,13H2,1-3H3. The summed E-state index contributed by atoms with van der Waals surface area (Å²) >= 11 is 1.44. The van der Waals surface area contributed by atoms with Crippen molar-refractivity contribution in [1.29, 1.82) is 0 Å². The van der Waals surface area contributed by atoms with Crippen molar-refractivity contribution in [3.63, 3.8) is 0 Å². The third-order valence-corrected chi connectivity index (χ3v) is 3.46. The van der Waals surface area contributed by atoms with E-state index in [1.54, 1.807) is 11.5 Å². The van der Waals surface area contributed by atoms with Crippen LogP contribution in [0.15, 0.2) is 6.33 Å². The number of aromatic nitrogens is 4. The van der Waals surface area contributed by atoms with Crippen LogP contribution < -0.4 is 5.73 Å². The first-order valence-electron chi connectivity index (χ1n) is 6.35. The van der Waals surface area contributed by atoms with Crippen LogP contribution in [0.4, 0.5) is 5.82 Å². The molecule has 7 nitrogen and oxygen atoms in total. The van der Waals surface area contributed by atoms with Gasteiger partial charge in [-0.25, -0.2) is 9.78 Å². The molecule has 0 aliphatic carbocycles. The molecule has 0 atom stereocenters. The lowest BCUT2D eigenvalue weighted by atomic mass is 10.1. The molecule has 2 N–H and O–H groups in total. The molecule has 0 aliphatic heterocycles.